The number of carboxylic acid groups (broad SMARTS) is 1. The van der Waals surface area contributed by atoms with Crippen LogP contribution in [0.1, 0.15) is 44.8 Å². The molecular weight excluding hydrogens is 259 g/mol. The van der Waals surface area contributed by atoms with Crippen molar-refractivity contribution in [2.75, 3.05) is 13.1 Å². The lowest BCUT2D eigenvalue weighted by Gasteiger charge is -2.40. The summed E-state index contributed by atoms with van der Waals surface area (Å²) >= 11 is 0. The van der Waals surface area contributed by atoms with Crippen LogP contribution in [0.25, 0.3) is 0 Å². The first-order valence-corrected chi connectivity index (χ1v) is 7.05. The van der Waals surface area contributed by atoms with E-state index in [1.807, 2.05) is 6.92 Å². The number of hydrogen-bond acceptors (Lipinski definition) is 3. The zero-order chi connectivity index (χ0) is 14.8. The van der Waals surface area contributed by atoms with Gasteiger partial charge in [0, 0.05) is 0 Å². The van der Waals surface area contributed by atoms with Crippen molar-refractivity contribution in [1.29, 1.82) is 0 Å². The summed E-state index contributed by atoms with van der Waals surface area (Å²) in [4.78, 5) is 17.7. The highest BCUT2D eigenvalue weighted by molar-refractivity contribution is 5.74. The predicted molar refractivity (Wildman–Crippen MR) is 73.8 cm³/mol. The van der Waals surface area contributed by atoms with E-state index in [-0.39, 0.29) is 11.9 Å². The van der Waals surface area contributed by atoms with Crippen molar-refractivity contribution in [3.63, 3.8) is 0 Å². The molecule has 0 aliphatic carbocycles. The summed E-state index contributed by atoms with van der Waals surface area (Å²) in [5.41, 5.74) is 0.234. The van der Waals surface area contributed by atoms with Crippen molar-refractivity contribution in [3.8, 4) is 0 Å². The van der Waals surface area contributed by atoms with Crippen molar-refractivity contribution in [3.05, 3.63) is 29.8 Å². The molecule has 110 valence electrons. The summed E-state index contributed by atoms with van der Waals surface area (Å²) in [5.74, 6) is -1.05. The summed E-state index contributed by atoms with van der Waals surface area (Å²) in [6, 6.07) is 3.28. The smallest absolute Gasteiger partial charge is 0.309 e. The van der Waals surface area contributed by atoms with Gasteiger partial charge in [-0.3, -0.25) is 14.7 Å². The van der Waals surface area contributed by atoms with Gasteiger partial charge in [-0.05, 0) is 51.4 Å². The van der Waals surface area contributed by atoms with Crippen LogP contribution >= 0.6 is 0 Å². The van der Waals surface area contributed by atoms with E-state index in [4.69, 9.17) is 0 Å². The molecular formula is C15H21FN2O2. The molecule has 1 aromatic heterocycles. The fourth-order valence-electron chi connectivity index (χ4n) is 2.78. The predicted octanol–water partition coefficient (Wildman–Crippen LogP) is 2.86. The number of carbonyl (C=O) groups is 1. The summed E-state index contributed by atoms with van der Waals surface area (Å²) in [6.07, 6.45) is 3.39. The maximum atomic E-state index is 12.9. The highest BCUT2D eigenvalue weighted by Crippen LogP contribution is 2.35. The molecule has 1 aliphatic rings. The van der Waals surface area contributed by atoms with Crippen LogP contribution in [0.3, 0.4) is 0 Å². The number of piperidine rings is 1. The molecule has 2 rings (SSSR count). The Morgan fingerprint density at radius 1 is 1.50 bits per heavy atom. The minimum atomic E-state index is -0.717. The third-order valence-corrected chi connectivity index (χ3v) is 4.34. The second-order valence-corrected chi connectivity index (χ2v) is 5.73. The number of nitrogens with zero attached hydrogens (tertiary/aromatic N) is 2. The van der Waals surface area contributed by atoms with E-state index in [1.54, 1.807) is 6.07 Å². The number of pyridine rings is 1. The molecule has 1 N–H and O–H groups in total. The van der Waals surface area contributed by atoms with Crippen LogP contribution in [0.4, 0.5) is 4.39 Å². The van der Waals surface area contributed by atoms with Crippen molar-refractivity contribution in [1.82, 2.24) is 9.88 Å². The number of aliphatic carboxylic acids is 1. The van der Waals surface area contributed by atoms with Crippen molar-refractivity contribution in [2.24, 2.45) is 5.41 Å². The zero-order valence-electron chi connectivity index (χ0n) is 12.0. The fraction of sp³-hybridized carbons (Fsp3) is 0.600. The molecule has 1 aliphatic heterocycles. The molecule has 1 saturated heterocycles. The van der Waals surface area contributed by atoms with Gasteiger partial charge >= 0.3 is 5.97 Å². The number of aromatic nitrogens is 1. The van der Waals surface area contributed by atoms with E-state index in [1.165, 1.54) is 12.3 Å². The molecule has 0 spiro atoms. The molecule has 2 heterocycles. The van der Waals surface area contributed by atoms with E-state index in [0.29, 0.717) is 12.8 Å². The quantitative estimate of drug-likeness (QED) is 0.921. The fourth-order valence-corrected chi connectivity index (χ4v) is 2.78. The monoisotopic (exact) mass is 280 g/mol. The Morgan fingerprint density at radius 2 is 2.15 bits per heavy atom. The Balaban J connectivity index is 2.07. The van der Waals surface area contributed by atoms with Gasteiger partial charge in [0.25, 0.3) is 0 Å². The van der Waals surface area contributed by atoms with E-state index in [2.05, 4.69) is 16.8 Å². The van der Waals surface area contributed by atoms with Gasteiger partial charge in [-0.15, -0.1) is 0 Å². The van der Waals surface area contributed by atoms with Crippen LogP contribution in [-0.2, 0) is 4.79 Å². The topological polar surface area (TPSA) is 53.4 Å². The first-order chi connectivity index (χ1) is 9.46. The highest BCUT2D eigenvalue weighted by Gasteiger charge is 2.38. The third kappa shape index (κ3) is 2.98. The van der Waals surface area contributed by atoms with Gasteiger partial charge in [0.1, 0.15) is 5.82 Å². The van der Waals surface area contributed by atoms with Gasteiger partial charge in [-0.1, -0.05) is 6.92 Å². The van der Waals surface area contributed by atoms with E-state index in [9.17, 15) is 14.3 Å². The molecule has 0 amide bonds. The van der Waals surface area contributed by atoms with Crippen LogP contribution in [0.15, 0.2) is 18.3 Å². The lowest BCUT2D eigenvalue weighted by atomic mass is 9.80. The number of halogens is 1. The normalized spacial score (nSPS) is 20.6. The molecule has 0 saturated carbocycles. The first-order valence-electron chi connectivity index (χ1n) is 7.05. The van der Waals surface area contributed by atoms with Gasteiger partial charge in [0.05, 0.1) is 23.3 Å². The molecule has 1 fully saturated rings. The SMILES string of the molecule is CCC(c1ccc(F)cn1)N1CCC(C)(C(=O)O)CC1. The van der Waals surface area contributed by atoms with Crippen LogP contribution in [-0.4, -0.2) is 34.0 Å². The minimum absolute atomic E-state index is 0.133. The average molecular weight is 280 g/mol. The van der Waals surface area contributed by atoms with Crippen molar-refractivity contribution in [2.45, 2.75) is 39.2 Å². The van der Waals surface area contributed by atoms with Crippen molar-refractivity contribution >= 4 is 5.97 Å². The summed E-state index contributed by atoms with van der Waals surface area (Å²) in [5, 5.41) is 9.25. The molecule has 0 bridgehead atoms. The van der Waals surface area contributed by atoms with Gasteiger partial charge in [0.15, 0.2) is 0 Å². The third-order valence-electron chi connectivity index (χ3n) is 4.34. The van der Waals surface area contributed by atoms with Crippen molar-refractivity contribution < 1.29 is 14.3 Å². The Hall–Kier alpha value is -1.49. The second-order valence-electron chi connectivity index (χ2n) is 5.73. The number of rotatable bonds is 4. The Morgan fingerprint density at radius 3 is 2.60 bits per heavy atom. The van der Waals surface area contributed by atoms with Gasteiger partial charge < -0.3 is 5.11 Å². The molecule has 1 aromatic rings. The van der Waals surface area contributed by atoms with E-state index >= 15 is 0 Å². The molecule has 4 nitrogen and oxygen atoms in total. The molecule has 5 heteroatoms. The average Bonchev–Trinajstić information content (AvgIpc) is 2.43. The van der Waals surface area contributed by atoms with Crippen LogP contribution < -0.4 is 0 Å². The highest BCUT2D eigenvalue weighted by atomic mass is 19.1. The molecule has 1 unspecified atom stereocenters. The molecule has 0 radical (unpaired) electrons. The summed E-state index contributed by atoms with van der Waals surface area (Å²) < 4.78 is 12.9. The van der Waals surface area contributed by atoms with Gasteiger partial charge in [0.2, 0.25) is 0 Å². The van der Waals surface area contributed by atoms with E-state index < -0.39 is 11.4 Å². The number of hydrogen-bond donors (Lipinski definition) is 1. The standard InChI is InChI=1S/C15H21FN2O2/c1-3-13(12-5-4-11(16)10-17-12)18-8-6-15(2,7-9-18)14(19)20/h4-5,10,13H,3,6-9H2,1-2H3,(H,19,20). The van der Waals surface area contributed by atoms with Crippen LogP contribution in [0.5, 0.6) is 0 Å². The Kier molecular flexibility index (Phi) is 4.38. The maximum absolute atomic E-state index is 12.9. The largest absolute Gasteiger partial charge is 0.481 e. The van der Waals surface area contributed by atoms with Crippen LogP contribution in [0.2, 0.25) is 0 Å². The Labute approximate surface area is 118 Å². The van der Waals surface area contributed by atoms with Gasteiger partial charge in [-0.2, -0.15) is 0 Å². The Bertz CT molecular complexity index is 467. The number of carboxylic acids is 1. The number of likely N-dealkylation sites (tertiary alicyclic amines) is 1. The zero-order valence-corrected chi connectivity index (χ0v) is 12.0. The molecule has 1 atom stereocenters. The minimum Gasteiger partial charge on any atom is -0.481 e. The maximum Gasteiger partial charge on any atom is 0.309 e. The molecule has 0 aromatic carbocycles. The lowest BCUT2D eigenvalue weighted by Crippen LogP contribution is -2.44. The lowest BCUT2D eigenvalue weighted by molar-refractivity contribution is -0.151. The van der Waals surface area contributed by atoms with Gasteiger partial charge in [-0.25, -0.2) is 4.39 Å². The molecule has 20 heavy (non-hydrogen) atoms. The summed E-state index contributed by atoms with van der Waals surface area (Å²) in [6.45, 7) is 5.35. The van der Waals surface area contributed by atoms with Crippen LogP contribution in [0, 0.1) is 11.2 Å². The van der Waals surface area contributed by atoms with E-state index in [0.717, 1.165) is 25.2 Å². The summed E-state index contributed by atoms with van der Waals surface area (Å²) in [7, 11) is 0. The first kappa shape index (κ1) is 14.9. The second kappa shape index (κ2) is 5.87.